The molecule has 1 N–H and O–H groups in total. The van der Waals surface area contributed by atoms with Crippen LogP contribution >= 0.6 is 0 Å². The van der Waals surface area contributed by atoms with Crippen molar-refractivity contribution in [3.8, 4) is 0 Å². The van der Waals surface area contributed by atoms with Gasteiger partial charge >= 0.3 is 6.18 Å². The van der Waals surface area contributed by atoms with E-state index >= 15 is 0 Å². The minimum atomic E-state index is -4.29. The Hall–Kier alpha value is -1.07. The van der Waals surface area contributed by atoms with E-state index in [0.717, 1.165) is 30.5 Å². The Morgan fingerprint density at radius 3 is 2.20 bits per heavy atom. The van der Waals surface area contributed by atoms with Gasteiger partial charge in [-0.2, -0.15) is 13.2 Å². The fourth-order valence-corrected chi connectivity index (χ4v) is 2.48. The quantitative estimate of drug-likeness (QED) is 0.909. The van der Waals surface area contributed by atoms with Gasteiger partial charge in [0.2, 0.25) is 0 Å². The van der Waals surface area contributed by atoms with Crippen molar-refractivity contribution in [1.82, 2.24) is 5.32 Å². The van der Waals surface area contributed by atoms with Gasteiger partial charge in [-0.3, -0.25) is 0 Å². The van der Waals surface area contributed by atoms with Gasteiger partial charge in [-0.1, -0.05) is 26.0 Å². The monoisotopic (exact) mass is 287 g/mol. The van der Waals surface area contributed by atoms with Gasteiger partial charge in [0.05, 0.1) is 18.3 Å². The highest BCUT2D eigenvalue weighted by Crippen LogP contribution is 2.32. The van der Waals surface area contributed by atoms with Crippen LogP contribution in [-0.2, 0) is 10.9 Å². The molecular weight excluding hydrogens is 267 g/mol. The average Bonchev–Trinajstić information content (AvgIpc) is 2.47. The van der Waals surface area contributed by atoms with Crippen LogP contribution in [0.4, 0.5) is 13.2 Å². The lowest BCUT2D eigenvalue weighted by Crippen LogP contribution is -2.54. The van der Waals surface area contributed by atoms with Crippen molar-refractivity contribution in [2.75, 3.05) is 13.2 Å². The summed E-state index contributed by atoms with van der Waals surface area (Å²) in [6.45, 7) is 5.44. The Bertz CT molecular complexity index is 427. The molecule has 1 aliphatic rings. The maximum absolute atomic E-state index is 12.5. The van der Waals surface area contributed by atoms with Gasteiger partial charge in [-0.15, -0.1) is 0 Å². The number of alkyl halides is 3. The van der Waals surface area contributed by atoms with Crippen molar-refractivity contribution in [3.05, 3.63) is 35.4 Å². The number of nitrogens with one attached hydrogen (secondary N) is 1. The van der Waals surface area contributed by atoms with Gasteiger partial charge < -0.3 is 10.1 Å². The molecule has 20 heavy (non-hydrogen) atoms. The standard InChI is InChI=1S/C15H20F3NO/c1-3-14(4-2)10-20-13(9-19-14)11-5-7-12(8-6-11)15(16,17)18/h5-8,13,19H,3-4,9-10H2,1-2H3. The van der Waals surface area contributed by atoms with Crippen molar-refractivity contribution in [3.63, 3.8) is 0 Å². The van der Waals surface area contributed by atoms with Crippen molar-refractivity contribution in [2.24, 2.45) is 0 Å². The molecule has 1 aromatic carbocycles. The maximum atomic E-state index is 12.5. The fourth-order valence-electron chi connectivity index (χ4n) is 2.48. The summed E-state index contributed by atoms with van der Waals surface area (Å²) in [5.74, 6) is 0. The molecule has 1 heterocycles. The molecule has 0 saturated carbocycles. The summed E-state index contributed by atoms with van der Waals surface area (Å²) in [5.41, 5.74) is 0.162. The minimum Gasteiger partial charge on any atom is -0.370 e. The summed E-state index contributed by atoms with van der Waals surface area (Å²) in [5, 5.41) is 3.48. The highest BCUT2D eigenvalue weighted by molar-refractivity contribution is 5.26. The molecule has 2 rings (SSSR count). The Morgan fingerprint density at radius 1 is 1.20 bits per heavy atom. The van der Waals surface area contributed by atoms with Crippen molar-refractivity contribution < 1.29 is 17.9 Å². The highest BCUT2D eigenvalue weighted by atomic mass is 19.4. The second-order valence-electron chi connectivity index (χ2n) is 5.29. The molecule has 0 aliphatic carbocycles. The summed E-state index contributed by atoms with van der Waals surface area (Å²) in [6.07, 6.45) is -2.51. The zero-order valence-electron chi connectivity index (χ0n) is 11.8. The van der Waals surface area contributed by atoms with Gasteiger partial charge in [-0.25, -0.2) is 0 Å². The van der Waals surface area contributed by atoms with Crippen LogP contribution in [0.25, 0.3) is 0 Å². The largest absolute Gasteiger partial charge is 0.416 e. The van der Waals surface area contributed by atoms with Gasteiger partial charge in [-0.05, 0) is 30.5 Å². The Morgan fingerprint density at radius 2 is 1.80 bits per heavy atom. The van der Waals surface area contributed by atoms with Crippen LogP contribution in [0.5, 0.6) is 0 Å². The highest BCUT2D eigenvalue weighted by Gasteiger charge is 2.34. The minimum absolute atomic E-state index is 0.00239. The van der Waals surface area contributed by atoms with Gasteiger partial charge in [0.25, 0.3) is 0 Å². The van der Waals surface area contributed by atoms with E-state index in [1.165, 1.54) is 12.1 Å². The number of halogens is 3. The molecule has 1 saturated heterocycles. The second kappa shape index (κ2) is 5.74. The molecule has 0 aromatic heterocycles. The zero-order chi connectivity index (χ0) is 14.8. The average molecular weight is 287 g/mol. The predicted molar refractivity (Wildman–Crippen MR) is 71.5 cm³/mol. The first-order valence-corrected chi connectivity index (χ1v) is 6.94. The third-order valence-electron chi connectivity index (χ3n) is 4.19. The number of rotatable bonds is 3. The first kappa shape index (κ1) is 15.3. The summed E-state index contributed by atoms with van der Waals surface area (Å²) >= 11 is 0. The molecule has 0 radical (unpaired) electrons. The lowest BCUT2D eigenvalue weighted by Gasteiger charge is -2.40. The molecule has 0 bridgehead atoms. The molecule has 1 fully saturated rings. The van der Waals surface area contributed by atoms with Crippen LogP contribution in [-0.4, -0.2) is 18.7 Å². The number of hydrogen-bond acceptors (Lipinski definition) is 2. The molecule has 1 aromatic rings. The van der Waals surface area contributed by atoms with E-state index in [-0.39, 0.29) is 11.6 Å². The Kier molecular flexibility index (Phi) is 4.39. The van der Waals surface area contributed by atoms with Gasteiger partial charge in [0.15, 0.2) is 0 Å². The van der Waals surface area contributed by atoms with Crippen LogP contribution in [0.15, 0.2) is 24.3 Å². The number of benzene rings is 1. The first-order valence-electron chi connectivity index (χ1n) is 6.94. The zero-order valence-corrected chi connectivity index (χ0v) is 11.8. The maximum Gasteiger partial charge on any atom is 0.416 e. The normalized spacial score (nSPS) is 22.8. The van der Waals surface area contributed by atoms with Crippen molar-refractivity contribution in [2.45, 2.75) is 44.5 Å². The summed E-state index contributed by atoms with van der Waals surface area (Å²) in [6, 6.07) is 5.22. The number of hydrogen-bond donors (Lipinski definition) is 1. The molecule has 2 nitrogen and oxygen atoms in total. The van der Waals surface area contributed by atoms with E-state index in [0.29, 0.717) is 13.2 Å². The van der Waals surface area contributed by atoms with Crippen LogP contribution in [0.3, 0.4) is 0 Å². The summed E-state index contributed by atoms with van der Waals surface area (Å²) in [7, 11) is 0. The molecule has 1 unspecified atom stereocenters. The molecule has 1 aliphatic heterocycles. The summed E-state index contributed by atoms with van der Waals surface area (Å²) < 4.78 is 43.4. The number of ether oxygens (including phenoxy) is 1. The van der Waals surface area contributed by atoms with E-state index in [1.807, 2.05) is 0 Å². The van der Waals surface area contributed by atoms with E-state index in [9.17, 15) is 13.2 Å². The SMILES string of the molecule is CCC1(CC)COC(c2ccc(C(F)(F)F)cc2)CN1. The third-order valence-corrected chi connectivity index (χ3v) is 4.19. The van der Waals surface area contributed by atoms with Crippen LogP contribution in [0, 0.1) is 0 Å². The lowest BCUT2D eigenvalue weighted by atomic mass is 9.91. The lowest BCUT2D eigenvalue weighted by molar-refractivity contribution is -0.137. The summed E-state index contributed by atoms with van der Waals surface area (Å²) in [4.78, 5) is 0. The third kappa shape index (κ3) is 3.15. The van der Waals surface area contributed by atoms with Crippen LogP contribution < -0.4 is 5.32 Å². The van der Waals surface area contributed by atoms with E-state index in [2.05, 4.69) is 19.2 Å². The van der Waals surface area contributed by atoms with Crippen LogP contribution in [0.2, 0.25) is 0 Å². The van der Waals surface area contributed by atoms with E-state index in [4.69, 9.17) is 4.74 Å². The van der Waals surface area contributed by atoms with Crippen LogP contribution in [0.1, 0.15) is 43.9 Å². The topological polar surface area (TPSA) is 21.3 Å². The first-order chi connectivity index (χ1) is 9.40. The Labute approximate surface area is 117 Å². The smallest absolute Gasteiger partial charge is 0.370 e. The van der Waals surface area contributed by atoms with E-state index in [1.54, 1.807) is 0 Å². The molecule has 112 valence electrons. The molecule has 5 heteroatoms. The predicted octanol–water partition coefficient (Wildman–Crippen LogP) is 3.93. The van der Waals surface area contributed by atoms with Gasteiger partial charge in [0.1, 0.15) is 0 Å². The molecule has 1 atom stereocenters. The van der Waals surface area contributed by atoms with Crippen molar-refractivity contribution >= 4 is 0 Å². The Balaban J connectivity index is 2.04. The molecule has 0 amide bonds. The second-order valence-corrected chi connectivity index (χ2v) is 5.29. The fraction of sp³-hybridized carbons (Fsp3) is 0.600. The van der Waals surface area contributed by atoms with Crippen molar-refractivity contribution in [1.29, 1.82) is 0 Å². The number of morpholine rings is 1. The van der Waals surface area contributed by atoms with E-state index < -0.39 is 11.7 Å². The molecule has 0 spiro atoms. The molecular formula is C15H20F3NO. The van der Waals surface area contributed by atoms with Gasteiger partial charge in [0, 0.05) is 12.1 Å².